The summed E-state index contributed by atoms with van der Waals surface area (Å²) in [6.45, 7) is 2.14. The molecule has 1 aliphatic carbocycles. The third-order valence-electron chi connectivity index (χ3n) is 4.08. The Labute approximate surface area is 119 Å². The normalized spacial score (nSPS) is 14.7. The van der Waals surface area contributed by atoms with E-state index in [1.54, 1.807) is 0 Å². The first-order chi connectivity index (χ1) is 9.78. The second-order valence-corrected chi connectivity index (χ2v) is 5.45. The molecule has 1 aliphatic rings. The number of hydrogen-bond acceptors (Lipinski definition) is 2. The van der Waals surface area contributed by atoms with Crippen molar-refractivity contribution < 1.29 is 0 Å². The third-order valence-corrected chi connectivity index (χ3v) is 4.08. The van der Waals surface area contributed by atoms with Crippen molar-refractivity contribution in [2.45, 2.75) is 45.4 Å². The summed E-state index contributed by atoms with van der Waals surface area (Å²) >= 11 is 0. The Morgan fingerprint density at radius 3 is 2.60 bits per heavy atom. The number of H-pyrrole nitrogens is 1. The van der Waals surface area contributed by atoms with Crippen LogP contribution in [0.5, 0.6) is 0 Å². The summed E-state index contributed by atoms with van der Waals surface area (Å²) in [5.74, 6) is 0.707. The lowest BCUT2D eigenvalue weighted by atomic mass is 10.1. The van der Waals surface area contributed by atoms with Crippen LogP contribution in [0.25, 0.3) is 11.4 Å². The van der Waals surface area contributed by atoms with Crippen LogP contribution >= 0.6 is 0 Å². The zero-order valence-electron chi connectivity index (χ0n) is 11.9. The Bertz CT molecular complexity index is 656. The van der Waals surface area contributed by atoms with Crippen LogP contribution in [-0.2, 0) is 19.3 Å². The van der Waals surface area contributed by atoms with Gasteiger partial charge >= 0.3 is 0 Å². The topological polar surface area (TPSA) is 45.8 Å². The fraction of sp³-hybridized carbons (Fsp3) is 0.412. The van der Waals surface area contributed by atoms with Gasteiger partial charge in [-0.3, -0.25) is 4.79 Å². The van der Waals surface area contributed by atoms with E-state index in [-0.39, 0.29) is 5.56 Å². The number of nitrogens with zero attached hydrogens (tertiary/aromatic N) is 1. The van der Waals surface area contributed by atoms with E-state index in [4.69, 9.17) is 4.98 Å². The Hall–Kier alpha value is -1.90. The highest BCUT2D eigenvalue weighted by Crippen LogP contribution is 2.20. The summed E-state index contributed by atoms with van der Waals surface area (Å²) in [6.07, 6.45) is 6.25. The van der Waals surface area contributed by atoms with Gasteiger partial charge in [0, 0.05) is 11.1 Å². The molecule has 20 heavy (non-hydrogen) atoms. The first-order valence-electron chi connectivity index (χ1n) is 7.49. The van der Waals surface area contributed by atoms with Crippen LogP contribution in [0.1, 0.15) is 43.0 Å². The fourth-order valence-electron chi connectivity index (χ4n) is 2.82. The van der Waals surface area contributed by atoms with Crippen LogP contribution in [0.15, 0.2) is 29.1 Å². The summed E-state index contributed by atoms with van der Waals surface area (Å²) in [5, 5.41) is 0. The van der Waals surface area contributed by atoms with Crippen molar-refractivity contribution in [2.24, 2.45) is 0 Å². The predicted octanol–water partition coefficient (Wildman–Crippen LogP) is 3.27. The fourth-order valence-corrected chi connectivity index (χ4v) is 2.82. The van der Waals surface area contributed by atoms with E-state index in [0.29, 0.717) is 5.82 Å². The number of hydrogen-bond donors (Lipinski definition) is 1. The third kappa shape index (κ3) is 2.53. The minimum Gasteiger partial charge on any atom is -0.306 e. The molecular formula is C17H20N2O. The maximum Gasteiger partial charge on any atom is 0.254 e. The molecule has 0 saturated heterocycles. The van der Waals surface area contributed by atoms with E-state index in [9.17, 15) is 4.79 Å². The predicted molar refractivity (Wildman–Crippen MR) is 80.9 cm³/mol. The molecule has 0 radical (unpaired) electrons. The van der Waals surface area contributed by atoms with Gasteiger partial charge in [-0.15, -0.1) is 0 Å². The van der Waals surface area contributed by atoms with Gasteiger partial charge < -0.3 is 4.98 Å². The van der Waals surface area contributed by atoms with Crippen LogP contribution < -0.4 is 5.56 Å². The van der Waals surface area contributed by atoms with E-state index < -0.39 is 0 Å². The zero-order valence-corrected chi connectivity index (χ0v) is 11.9. The van der Waals surface area contributed by atoms with Gasteiger partial charge in [-0.05, 0) is 37.7 Å². The Kier molecular flexibility index (Phi) is 3.68. The molecule has 1 aromatic carbocycles. The lowest BCUT2D eigenvalue weighted by Gasteiger charge is -2.08. The van der Waals surface area contributed by atoms with Gasteiger partial charge in [-0.2, -0.15) is 0 Å². The van der Waals surface area contributed by atoms with Crippen LogP contribution in [0.4, 0.5) is 0 Å². The van der Waals surface area contributed by atoms with Gasteiger partial charge in [0.05, 0.1) is 5.69 Å². The second kappa shape index (κ2) is 5.61. The second-order valence-electron chi connectivity index (χ2n) is 5.45. The molecule has 3 nitrogen and oxygen atoms in total. The minimum atomic E-state index is 0.0477. The first-order valence-corrected chi connectivity index (χ1v) is 7.49. The Balaban J connectivity index is 2.03. The number of aromatic amines is 1. The molecule has 3 heteroatoms. The van der Waals surface area contributed by atoms with E-state index in [2.05, 4.69) is 24.0 Å². The van der Waals surface area contributed by atoms with Gasteiger partial charge in [0.15, 0.2) is 0 Å². The highest BCUT2D eigenvalue weighted by molar-refractivity contribution is 5.55. The molecular weight excluding hydrogens is 248 g/mol. The maximum atomic E-state index is 12.2. The summed E-state index contributed by atoms with van der Waals surface area (Å²) in [4.78, 5) is 19.9. The Morgan fingerprint density at radius 1 is 1.10 bits per heavy atom. The number of aromatic nitrogens is 2. The monoisotopic (exact) mass is 268 g/mol. The molecule has 0 spiro atoms. The van der Waals surface area contributed by atoms with Gasteiger partial charge in [-0.1, -0.05) is 37.6 Å². The summed E-state index contributed by atoms with van der Waals surface area (Å²) < 4.78 is 0. The van der Waals surface area contributed by atoms with E-state index in [1.807, 2.05) is 12.1 Å². The van der Waals surface area contributed by atoms with Crippen LogP contribution in [0, 0.1) is 0 Å². The number of benzene rings is 1. The van der Waals surface area contributed by atoms with Gasteiger partial charge in [-0.25, -0.2) is 4.98 Å². The van der Waals surface area contributed by atoms with Crippen LogP contribution in [-0.4, -0.2) is 9.97 Å². The molecule has 0 atom stereocenters. The lowest BCUT2D eigenvalue weighted by Crippen LogP contribution is -2.18. The summed E-state index contributed by atoms with van der Waals surface area (Å²) in [5.41, 5.74) is 4.24. The highest BCUT2D eigenvalue weighted by Gasteiger charge is 2.14. The SMILES string of the molecule is CCc1ccc(-c2nc3c(c(=O)[nH]2)CCCCC3)cc1. The molecule has 0 fully saturated rings. The zero-order chi connectivity index (χ0) is 13.9. The molecule has 0 unspecified atom stereocenters. The average molecular weight is 268 g/mol. The minimum absolute atomic E-state index is 0.0477. The summed E-state index contributed by atoms with van der Waals surface area (Å²) in [6, 6.07) is 8.28. The van der Waals surface area contributed by atoms with Crippen LogP contribution in [0.2, 0.25) is 0 Å². The van der Waals surface area contributed by atoms with Crippen molar-refractivity contribution in [3.8, 4) is 11.4 Å². The van der Waals surface area contributed by atoms with Crippen molar-refractivity contribution >= 4 is 0 Å². The van der Waals surface area contributed by atoms with Crippen molar-refractivity contribution in [1.82, 2.24) is 9.97 Å². The number of fused-ring (bicyclic) bond motifs is 1. The lowest BCUT2D eigenvalue weighted by molar-refractivity contribution is 0.708. The first kappa shape index (κ1) is 13.1. The highest BCUT2D eigenvalue weighted by atomic mass is 16.1. The van der Waals surface area contributed by atoms with Crippen molar-refractivity contribution in [1.29, 1.82) is 0 Å². The molecule has 0 saturated carbocycles. The van der Waals surface area contributed by atoms with Crippen LogP contribution in [0.3, 0.4) is 0 Å². The van der Waals surface area contributed by atoms with Crippen molar-refractivity contribution in [3.63, 3.8) is 0 Å². The number of nitrogens with one attached hydrogen (secondary N) is 1. The molecule has 1 aromatic heterocycles. The average Bonchev–Trinajstić information content (AvgIpc) is 2.73. The van der Waals surface area contributed by atoms with E-state index in [1.165, 1.54) is 12.0 Å². The quantitative estimate of drug-likeness (QED) is 0.850. The van der Waals surface area contributed by atoms with Gasteiger partial charge in [0.25, 0.3) is 5.56 Å². The van der Waals surface area contributed by atoms with Gasteiger partial charge in [0.1, 0.15) is 5.82 Å². The molecule has 3 rings (SSSR count). The standard InChI is InChI=1S/C17H20N2O/c1-2-12-8-10-13(11-9-12)16-18-15-7-5-3-4-6-14(15)17(20)19-16/h8-11H,2-7H2,1H3,(H,18,19,20). The molecule has 104 valence electrons. The van der Waals surface area contributed by atoms with Crippen molar-refractivity contribution in [2.75, 3.05) is 0 Å². The smallest absolute Gasteiger partial charge is 0.254 e. The number of aryl methyl sites for hydroxylation is 2. The van der Waals surface area contributed by atoms with Crippen molar-refractivity contribution in [3.05, 3.63) is 51.4 Å². The van der Waals surface area contributed by atoms with E-state index >= 15 is 0 Å². The molecule has 1 N–H and O–H groups in total. The molecule has 2 aromatic rings. The summed E-state index contributed by atoms with van der Waals surface area (Å²) in [7, 11) is 0. The van der Waals surface area contributed by atoms with Gasteiger partial charge in [0.2, 0.25) is 0 Å². The largest absolute Gasteiger partial charge is 0.306 e. The Morgan fingerprint density at radius 2 is 1.85 bits per heavy atom. The molecule has 0 amide bonds. The number of rotatable bonds is 2. The molecule has 0 bridgehead atoms. The molecule has 1 heterocycles. The van der Waals surface area contributed by atoms with E-state index in [0.717, 1.165) is 48.9 Å². The molecule has 0 aliphatic heterocycles. The maximum absolute atomic E-state index is 12.2.